The first-order valence-corrected chi connectivity index (χ1v) is 7.04. The van der Waals surface area contributed by atoms with Crippen molar-refractivity contribution in [3.63, 3.8) is 0 Å². The predicted octanol–water partition coefficient (Wildman–Crippen LogP) is 0.584. The summed E-state index contributed by atoms with van der Waals surface area (Å²) in [6.07, 6.45) is 2.90. The van der Waals surface area contributed by atoms with Gasteiger partial charge in [0.15, 0.2) is 0 Å². The largest absolute Gasteiger partial charge is 0.397 e. The Morgan fingerprint density at radius 2 is 2.35 bits per heavy atom. The van der Waals surface area contributed by atoms with E-state index in [4.69, 9.17) is 10.5 Å². The van der Waals surface area contributed by atoms with Crippen LogP contribution in [-0.4, -0.2) is 31.9 Å². The van der Waals surface area contributed by atoms with E-state index in [9.17, 15) is 8.42 Å². The van der Waals surface area contributed by atoms with Crippen LogP contribution in [0.3, 0.4) is 0 Å². The van der Waals surface area contributed by atoms with E-state index < -0.39 is 10.0 Å². The summed E-state index contributed by atoms with van der Waals surface area (Å²) in [6.45, 7) is 0.639. The average molecular weight is 257 g/mol. The molecule has 0 radical (unpaired) electrons. The van der Waals surface area contributed by atoms with E-state index >= 15 is 0 Å². The molecule has 0 spiro atoms. The molecule has 17 heavy (non-hydrogen) atoms. The van der Waals surface area contributed by atoms with Crippen molar-refractivity contribution in [1.82, 2.24) is 4.98 Å². The van der Waals surface area contributed by atoms with E-state index in [2.05, 4.69) is 9.71 Å². The highest BCUT2D eigenvalue weighted by Crippen LogP contribution is 2.15. The lowest BCUT2D eigenvalue weighted by molar-refractivity contribution is 0.127. The number of pyridine rings is 1. The first-order valence-electron chi connectivity index (χ1n) is 5.39. The summed E-state index contributed by atoms with van der Waals surface area (Å²) in [5, 5.41) is 0. The number of sulfonamides is 1. The van der Waals surface area contributed by atoms with E-state index in [1.54, 1.807) is 6.07 Å². The van der Waals surface area contributed by atoms with Crippen LogP contribution in [0.2, 0.25) is 0 Å². The predicted molar refractivity (Wildman–Crippen MR) is 65.0 cm³/mol. The van der Waals surface area contributed by atoms with Crippen LogP contribution < -0.4 is 10.5 Å². The van der Waals surface area contributed by atoms with Crippen molar-refractivity contribution < 1.29 is 13.2 Å². The molecule has 0 saturated carbocycles. The molecule has 1 aliphatic rings. The van der Waals surface area contributed by atoms with Gasteiger partial charge in [-0.3, -0.25) is 4.72 Å². The smallest absolute Gasteiger partial charge is 0.236 e. The van der Waals surface area contributed by atoms with Gasteiger partial charge >= 0.3 is 0 Å². The fourth-order valence-electron chi connectivity index (χ4n) is 1.69. The summed E-state index contributed by atoms with van der Waals surface area (Å²) < 4.78 is 31.2. The Bertz CT molecular complexity index is 466. The summed E-state index contributed by atoms with van der Waals surface area (Å²) in [6, 6.07) is 3.12. The number of nitrogens with two attached hydrogens (primary N) is 1. The zero-order valence-electron chi connectivity index (χ0n) is 9.30. The molecule has 6 nitrogen and oxygen atoms in total. The third kappa shape index (κ3) is 3.57. The number of nitrogens with zero attached hydrogens (tertiary/aromatic N) is 1. The fraction of sp³-hybridized carbons (Fsp3) is 0.500. The van der Waals surface area contributed by atoms with Crippen molar-refractivity contribution in [2.75, 3.05) is 22.8 Å². The molecule has 7 heteroatoms. The normalized spacial score (nSPS) is 20.4. The van der Waals surface area contributed by atoms with Crippen molar-refractivity contribution in [3.8, 4) is 0 Å². The van der Waals surface area contributed by atoms with Crippen LogP contribution in [0.4, 0.5) is 11.5 Å². The van der Waals surface area contributed by atoms with E-state index in [-0.39, 0.29) is 17.7 Å². The monoisotopic (exact) mass is 257 g/mol. The van der Waals surface area contributed by atoms with Crippen LogP contribution in [0.5, 0.6) is 0 Å². The minimum absolute atomic E-state index is 0.0287. The highest BCUT2D eigenvalue weighted by atomic mass is 32.2. The van der Waals surface area contributed by atoms with Crippen LogP contribution >= 0.6 is 0 Å². The van der Waals surface area contributed by atoms with Gasteiger partial charge in [0.1, 0.15) is 5.82 Å². The molecule has 94 valence electrons. The van der Waals surface area contributed by atoms with E-state index in [1.165, 1.54) is 12.3 Å². The molecule has 1 atom stereocenters. The summed E-state index contributed by atoms with van der Waals surface area (Å²) >= 11 is 0. The van der Waals surface area contributed by atoms with Crippen LogP contribution in [-0.2, 0) is 14.8 Å². The van der Waals surface area contributed by atoms with Crippen molar-refractivity contribution in [1.29, 1.82) is 0 Å². The molecule has 1 saturated heterocycles. The molecule has 0 aliphatic carbocycles. The molecule has 2 rings (SSSR count). The number of anilines is 2. The van der Waals surface area contributed by atoms with Crippen molar-refractivity contribution in [3.05, 3.63) is 18.3 Å². The molecule has 0 bridgehead atoms. The average Bonchev–Trinajstić information content (AvgIpc) is 2.73. The van der Waals surface area contributed by atoms with Gasteiger partial charge in [-0.15, -0.1) is 0 Å². The Balaban J connectivity index is 1.98. The summed E-state index contributed by atoms with van der Waals surface area (Å²) in [5.74, 6) is 0.246. The molecule has 0 aromatic carbocycles. The number of hydrogen-bond acceptors (Lipinski definition) is 5. The first kappa shape index (κ1) is 12.1. The van der Waals surface area contributed by atoms with Gasteiger partial charge in [0.2, 0.25) is 10.0 Å². The second-order valence-corrected chi connectivity index (χ2v) is 5.76. The molecule has 3 N–H and O–H groups in total. The second kappa shape index (κ2) is 4.89. The Hall–Kier alpha value is -1.34. The zero-order valence-corrected chi connectivity index (χ0v) is 10.1. The molecule has 1 unspecified atom stereocenters. The van der Waals surface area contributed by atoms with Gasteiger partial charge in [-0.2, -0.15) is 0 Å². The number of rotatable bonds is 4. The number of nitrogen functional groups attached to an aromatic ring is 1. The minimum Gasteiger partial charge on any atom is -0.397 e. The molecule has 0 amide bonds. The Kier molecular flexibility index (Phi) is 3.49. The van der Waals surface area contributed by atoms with Crippen molar-refractivity contribution >= 4 is 21.5 Å². The van der Waals surface area contributed by atoms with Gasteiger partial charge in [-0.1, -0.05) is 0 Å². The third-order valence-corrected chi connectivity index (χ3v) is 3.81. The van der Waals surface area contributed by atoms with Gasteiger partial charge in [0.25, 0.3) is 0 Å². The molecular formula is C10H15N3O3S. The van der Waals surface area contributed by atoms with Crippen molar-refractivity contribution in [2.45, 2.75) is 18.9 Å². The second-order valence-electron chi connectivity index (χ2n) is 4.00. The minimum atomic E-state index is -3.41. The number of aromatic nitrogens is 1. The van der Waals surface area contributed by atoms with E-state index in [0.29, 0.717) is 12.3 Å². The molecule has 2 heterocycles. The van der Waals surface area contributed by atoms with Crippen LogP contribution in [0.1, 0.15) is 12.8 Å². The van der Waals surface area contributed by atoms with Crippen molar-refractivity contribution in [2.24, 2.45) is 0 Å². The van der Waals surface area contributed by atoms with Crippen LogP contribution in [0, 0.1) is 0 Å². The Morgan fingerprint density at radius 1 is 1.53 bits per heavy atom. The lowest BCUT2D eigenvalue weighted by Crippen LogP contribution is -2.26. The maximum absolute atomic E-state index is 11.8. The van der Waals surface area contributed by atoms with Gasteiger partial charge < -0.3 is 10.5 Å². The quantitative estimate of drug-likeness (QED) is 0.823. The Labute approximate surface area is 100 Å². The highest BCUT2D eigenvalue weighted by Gasteiger charge is 2.23. The summed E-state index contributed by atoms with van der Waals surface area (Å²) in [4.78, 5) is 3.88. The van der Waals surface area contributed by atoms with Crippen LogP contribution in [0.15, 0.2) is 18.3 Å². The lowest BCUT2D eigenvalue weighted by Gasteiger charge is -2.11. The SMILES string of the molecule is Nc1ccc(NS(=O)(=O)CC2CCCO2)nc1. The standard InChI is InChI=1S/C10H15N3O3S/c11-8-3-4-10(12-6-8)13-17(14,15)7-9-2-1-5-16-9/h3-4,6,9H,1-2,5,7,11H2,(H,12,13). The van der Waals surface area contributed by atoms with Gasteiger partial charge in [-0.05, 0) is 25.0 Å². The lowest BCUT2D eigenvalue weighted by atomic mass is 10.3. The highest BCUT2D eigenvalue weighted by molar-refractivity contribution is 7.92. The maximum Gasteiger partial charge on any atom is 0.236 e. The number of hydrogen-bond donors (Lipinski definition) is 2. The van der Waals surface area contributed by atoms with E-state index in [1.807, 2.05) is 0 Å². The molecule has 1 aliphatic heterocycles. The summed E-state index contributed by atoms with van der Waals surface area (Å²) in [5.41, 5.74) is 5.96. The molecule has 1 fully saturated rings. The van der Waals surface area contributed by atoms with E-state index in [0.717, 1.165) is 12.8 Å². The van der Waals surface area contributed by atoms with Gasteiger partial charge in [0, 0.05) is 6.61 Å². The van der Waals surface area contributed by atoms with Crippen LogP contribution in [0.25, 0.3) is 0 Å². The zero-order chi connectivity index (χ0) is 12.3. The molecular weight excluding hydrogens is 242 g/mol. The number of ether oxygens (including phenoxy) is 1. The number of nitrogens with one attached hydrogen (secondary N) is 1. The Morgan fingerprint density at radius 3 is 2.94 bits per heavy atom. The molecule has 1 aromatic rings. The van der Waals surface area contributed by atoms with Gasteiger partial charge in [0.05, 0.1) is 23.7 Å². The third-order valence-electron chi connectivity index (χ3n) is 2.48. The van der Waals surface area contributed by atoms with Gasteiger partial charge in [-0.25, -0.2) is 13.4 Å². The fourth-order valence-corrected chi connectivity index (χ4v) is 2.96. The molecule has 1 aromatic heterocycles. The maximum atomic E-state index is 11.8. The summed E-state index contributed by atoms with van der Waals surface area (Å²) in [7, 11) is -3.41. The first-order chi connectivity index (χ1) is 8.05. The topological polar surface area (TPSA) is 94.3 Å².